The lowest BCUT2D eigenvalue weighted by Gasteiger charge is -2.13. The topological polar surface area (TPSA) is 74.6 Å². The highest BCUT2D eigenvalue weighted by Gasteiger charge is 2.12. The van der Waals surface area contributed by atoms with Crippen LogP contribution in [0.25, 0.3) is 22.4 Å². The van der Waals surface area contributed by atoms with E-state index < -0.39 is 5.82 Å². The minimum absolute atomic E-state index is 0.0209. The zero-order valence-corrected chi connectivity index (χ0v) is 16.0. The molecule has 5 nitrogen and oxygen atoms in total. The molecule has 0 bridgehead atoms. The van der Waals surface area contributed by atoms with Crippen molar-refractivity contribution in [2.45, 2.75) is 6.42 Å². The van der Waals surface area contributed by atoms with E-state index in [0.29, 0.717) is 46.9 Å². The number of rotatable bonds is 7. The normalized spacial score (nSPS) is 10.7. The number of phenols is 1. The van der Waals surface area contributed by atoms with E-state index in [1.807, 2.05) is 0 Å². The first kappa shape index (κ1) is 19.9. The van der Waals surface area contributed by atoms with Crippen LogP contribution in [-0.2, 0) is 0 Å². The number of benzene rings is 2. The number of nitrogens with one attached hydrogen (secondary N) is 1. The van der Waals surface area contributed by atoms with Crippen molar-refractivity contribution in [1.29, 1.82) is 0 Å². The van der Waals surface area contributed by atoms with Crippen LogP contribution >= 0.6 is 11.6 Å². The molecule has 1 heterocycles. The van der Waals surface area contributed by atoms with Gasteiger partial charge in [-0.25, -0.2) is 9.37 Å². The fraction of sp³-hybridized carbons (Fsp3) is 0.190. The average Bonchev–Trinajstić information content (AvgIpc) is 2.70. The second-order valence-electron chi connectivity index (χ2n) is 6.14. The average molecular weight is 403 g/mol. The summed E-state index contributed by atoms with van der Waals surface area (Å²) in [5.41, 5.74) is 2.37. The van der Waals surface area contributed by atoms with Gasteiger partial charge < -0.3 is 20.3 Å². The molecule has 0 spiro atoms. The lowest BCUT2D eigenvalue weighted by molar-refractivity contribution is 0.292. The number of ether oxygens (including phenoxy) is 1. The van der Waals surface area contributed by atoms with Crippen molar-refractivity contribution < 1.29 is 19.3 Å². The molecule has 146 valence electrons. The van der Waals surface area contributed by atoms with Crippen molar-refractivity contribution in [2.75, 3.05) is 25.6 Å². The van der Waals surface area contributed by atoms with Crippen LogP contribution in [0.2, 0.25) is 5.02 Å². The van der Waals surface area contributed by atoms with Crippen LogP contribution in [0.5, 0.6) is 11.5 Å². The molecule has 0 aliphatic carbocycles. The number of methoxy groups -OCH3 is 1. The predicted octanol–water partition coefficient (Wildman–Crippen LogP) is 4.72. The number of aromatic hydroxyl groups is 1. The third-order valence-electron chi connectivity index (χ3n) is 4.20. The Kier molecular flexibility index (Phi) is 6.34. The van der Waals surface area contributed by atoms with E-state index in [1.54, 1.807) is 30.3 Å². The number of aliphatic hydroxyl groups is 1. The molecular formula is C21H20ClFN2O3. The van der Waals surface area contributed by atoms with Crippen LogP contribution in [0, 0.1) is 5.82 Å². The van der Waals surface area contributed by atoms with Gasteiger partial charge in [0.05, 0.1) is 17.8 Å². The van der Waals surface area contributed by atoms with Gasteiger partial charge in [0.15, 0.2) is 0 Å². The maximum absolute atomic E-state index is 13.9. The van der Waals surface area contributed by atoms with E-state index >= 15 is 0 Å². The summed E-state index contributed by atoms with van der Waals surface area (Å²) in [7, 11) is 1.52. The lowest BCUT2D eigenvalue weighted by atomic mass is 10.0. The van der Waals surface area contributed by atoms with Gasteiger partial charge in [-0.05, 0) is 53.9 Å². The molecule has 3 N–H and O–H groups in total. The molecule has 28 heavy (non-hydrogen) atoms. The summed E-state index contributed by atoms with van der Waals surface area (Å²) in [5.74, 6) is 0.581. The van der Waals surface area contributed by atoms with Gasteiger partial charge in [0, 0.05) is 24.8 Å². The summed E-state index contributed by atoms with van der Waals surface area (Å²) >= 11 is 5.79. The maximum atomic E-state index is 13.9. The second-order valence-corrected chi connectivity index (χ2v) is 6.55. The van der Waals surface area contributed by atoms with Gasteiger partial charge in [-0.1, -0.05) is 17.7 Å². The molecule has 0 saturated carbocycles. The van der Waals surface area contributed by atoms with Crippen LogP contribution < -0.4 is 10.1 Å². The maximum Gasteiger partial charge on any atom is 0.142 e. The minimum atomic E-state index is -0.514. The Balaban J connectivity index is 2.08. The van der Waals surface area contributed by atoms with Gasteiger partial charge in [-0.3, -0.25) is 0 Å². The minimum Gasteiger partial charge on any atom is -0.507 e. The number of hydrogen-bond acceptors (Lipinski definition) is 5. The molecule has 0 radical (unpaired) electrons. The highest BCUT2D eigenvalue weighted by molar-refractivity contribution is 6.30. The summed E-state index contributed by atoms with van der Waals surface area (Å²) in [6.07, 6.45) is 0.560. The van der Waals surface area contributed by atoms with Crippen LogP contribution in [-0.4, -0.2) is 35.5 Å². The monoisotopic (exact) mass is 402 g/mol. The van der Waals surface area contributed by atoms with Crippen LogP contribution in [0.1, 0.15) is 6.42 Å². The van der Waals surface area contributed by atoms with Gasteiger partial charge in [0.1, 0.15) is 23.1 Å². The SMILES string of the molecule is COc1ccc(-c2cc(-c3ccc(Cl)c(F)c3)cc(NCCCO)n2)c(O)c1. The molecule has 0 aliphatic heterocycles. The molecular weight excluding hydrogens is 383 g/mol. The summed E-state index contributed by atoms with van der Waals surface area (Å²) in [5, 5.41) is 22.5. The summed E-state index contributed by atoms with van der Waals surface area (Å²) in [4.78, 5) is 4.54. The summed E-state index contributed by atoms with van der Waals surface area (Å²) in [6, 6.07) is 13.1. The second kappa shape index (κ2) is 8.91. The Bertz CT molecular complexity index is 982. The zero-order valence-electron chi connectivity index (χ0n) is 15.2. The predicted molar refractivity (Wildman–Crippen MR) is 108 cm³/mol. The zero-order chi connectivity index (χ0) is 20.1. The molecule has 3 aromatic rings. The van der Waals surface area contributed by atoms with Gasteiger partial charge in [-0.15, -0.1) is 0 Å². The molecule has 7 heteroatoms. The van der Waals surface area contributed by atoms with Crippen molar-refractivity contribution in [3.8, 4) is 33.9 Å². The fourth-order valence-corrected chi connectivity index (χ4v) is 2.87. The number of anilines is 1. The third kappa shape index (κ3) is 4.52. The molecule has 2 aromatic carbocycles. The number of hydrogen-bond donors (Lipinski definition) is 3. The fourth-order valence-electron chi connectivity index (χ4n) is 2.75. The number of aromatic nitrogens is 1. The third-order valence-corrected chi connectivity index (χ3v) is 4.51. The van der Waals surface area contributed by atoms with Crippen molar-refractivity contribution >= 4 is 17.4 Å². The number of halogens is 2. The Morgan fingerprint density at radius 2 is 1.93 bits per heavy atom. The molecule has 0 atom stereocenters. The summed E-state index contributed by atoms with van der Waals surface area (Å²) < 4.78 is 19.1. The van der Waals surface area contributed by atoms with Gasteiger partial charge in [0.2, 0.25) is 0 Å². The smallest absolute Gasteiger partial charge is 0.142 e. The van der Waals surface area contributed by atoms with Gasteiger partial charge >= 0.3 is 0 Å². The Morgan fingerprint density at radius 1 is 1.11 bits per heavy atom. The molecule has 0 aliphatic rings. The van der Waals surface area contributed by atoms with Gasteiger partial charge in [0.25, 0.3) is 0 Å². The Labute approximate surface area is 167 Å². The Hall–Kier alpha value is -2.83. The molecule has 0 saturated heterocycles. The Morgan fingerprint density at radius 3 is 2.61 bits per heavy atom. The van der Waals surface area contributed by atoms with Gasteiger partial charge in [-0.2, -0.15) is 0 Å². The largest absolute Gasteiger partial charge is 0.507 e. The standard InChI is InChI=1S/C21H20ClFN2O3/c1-28-15-4-5-16(20(27)12-15)19-10-14(11-21(25-19)24-7-2-8-26)13-3-6-17(22)18(23)9-13/h3-6,9-12,26-27H,2,7-8H2,1H3,(H,24,25). The van der Waals surface area contributed by atoms with Crippen LogP contribution in [0.15, 0.2) is 48.5 Å². The summed E-state index contributed by atoms with van der Waals surface area (Å²) in [6.45, 7) is 0.581. The highest BCUT2D eigenvalue weighted by Crippen LogP contribution is 2.35. The molecule has 0 unspecified atom stereocenters. The van der Waals surface area contributed by atoms with E-state index in [9.17, 15) is 9.50 Å². The molecule has 0 amide bonds. The van der Waals surface area contributed by atoms with Crippen molar-refractivity contribution in [1.82, 2.24) is 4.98 Å². The number of aliphatic hydroxyl groups excluding tert-OH is 1. The van der Waals surface area contributed by atoms with Crippen molar-refractivity contribution in [3.63, 3.8) is 0 Å². The first-order chi connectivity index (χ1) is 13.5. The lowest BCUT2D eigenvalue weighted by Crippen LogP contribution is -2.05. The highest BCUT2D eigenvalue weighted by atomic mass is 35.5. The molecule has 1 aromatic heterocycles. The first-order valence-electron chi connectivity index (χ1n) is 8.71. The molecule has 0 fully saturated rings. The van der Waals surface area contributed by atoms with Crippen LogP contribution in [0.3, 0.4) is 0 Å². The van der Waals surface area contributed by atoms with E-state index in [-0.39, 0.29) is 17.4 Å². The quantitative estimate of drug-likeness (QED) is 0.499. The van der Waals surface area contributed by atoms with E-state index in [4.69, 9.17) is 21.4 Å². The molecule has 3 rings (SSSR count). The van der Waals surface area contributed by atoms with Crippen molar-refractivity contribution in [2.24, 2.45) is 0 Å². The van der Waals surface area contributed by atoms with E-state index in [1.165, 1.54) is 25.3 Å². The number of pyridine rings is 1. The number of phenolic OH excluding ortho intramolecular Hbond substituents is 1. The number of nitrogens with zero attached hydrogens (tertiary/aromatic N) is 1. The first-order valence-corrected chi connectivity index (χ1v) is 9.09. The van der Waals surface area contributed by atoms with E-state index in [2.05, 4.69) is 10.3 Å². The van der Waals surface area contributed by atoms with Crippen LogP contribution in [0.4, 0.5) is 10.2 Å². The van der Waals surface area contributed by atoms with Crippen molar-refractivity contribution in [3.05, 3.63) is 59.4 Å². The van der Waals surface area contributed by atoms with E-state index in [0.717, 1.165) is 0 Å².